The molecule has 3 nitrogen and oxygen atoms in total. The highest BCUT2D eigenvalue weighted by Gasteiger charge is 2.25. The Morgan fingerprint density at radius 2 is 2.13 bits per heavy atom. The lowest BCUT2D eigenvalue weighted by Gasteiger charge is -2.18. The minimum atomic E-state index is -0.213. The van der Waals surface area contributed by atoms with Gasteiger partial charge in [-0.3, -0.25) is 9.59 Å². The molecule has 0 N–H and O–H groups in total. The SMILES string of the molecule is CC(=O)N1C(=O)CCSc2ccccc21. The number of rotatable bonds is 0. The predicted octanol–water partition coefficient (Wildman–Crippen LogP) is 2.06. The van der Waals surface area contributed by atoms with Crippen LogP contribution in [0.1, 0.15) is 13.3 Å². The van der Waals surface area contributed by atoms with Gasteiger partial charge in [0.1, 0.15) is 0 Å². The summed E-state index contributed by atoms with van der Waals surface area (Å²) in [6, 6.07) is 7.51. The van der Waals surface area contributed by atoms with Crippen LogP contribution in [-0.2, 0) is 9.59 Å². The van der Waals surface area contributed by atoms with E-state index >= 15 is 0 Å². The minimum Gasteiger partial charge on any atom is -0.274 e. The van der Waals surface area contributed by atoms with Crippen LogP contribution < -0.4 is 4.90 Å². The van der Waals surface area contributed by atoms with E-state index in [0.29, 0.717) is 6.42 Å². The molecule has 0 unspecified atom stereocenters. The summed E-state index contributed by atoms with van der Waals surface area (Å²) in [4.78, 5) is 25.4. The Balaban J connectivity index is 2.52. The van der Waals surface area contributed by atoms with E-state index in [9.17, 15) is 9.59 Å². The van der Waals surface area contributed by atoms with E-state index in [1.165, 1.54) is 11.8 Å². The fourth-order valence-corrected chi connectivity index (χ4v) is 2.58. The number of nitrogens with zero attached hydrogens (tertiary/aromatic N) is 1. The van der Waals surface area contributed by atoms with Crippen LogP contribution in [-0.4, -0.2) is 17.6 Å². The summed E-state index contributed by atoms with van der Waals surface area (Å²) in [7, 11) is 0. The average molecular weight is 221 g/mol. The molecule has 1 aliphatic rings. The van der Waals surface area contributed by atoms with Crippen molar-refractivity contribution < 1.29 is 9.59 Å². The highest BCUT2D eigenvalue weighted by atomic mass is 32.2. The van der Waals surface area contributed by atoms with Gasteiger partial charge in [0.2, 0.25) is 11.8 Å². The van der Waals surface area contributed by atoms with Crippen LogP contribution in [0.3, 0.4) is 0 Å². The number of amides is 2. The molecule has 15 heavy (non-hydrogen) atoms. The second-order valence-corrected chi connectivity index (χ2v) is 4.45. The Hall–Kier alpha value is -1.29. The molecule has 1 aromatic rings. The van der Waals surface area contributed by atoms with Crippen molar-refractivity contribution in [3.8, 4) is 0 Å². The first-order valence-electron chi connectivity index (χ1n) is 4.75. The van der Waals surface area contributed by atoms with E-state index in [1.54, 1.807) is 11.8 Å². The molecule has 0 aromatic heterocycles. The molecule has 0 atom stereocenters. The number of hydrogen-bond acceptors (Lipinski definition) is 3. The molecule has 1 heterocycles. The first kappa shape index (κ1) is 10.2. The number of carbonyl (C=O) groups is 2. The lowest BCUT2D eigenvalue weighted by Crippen LogP contribution is -2.34. The van der Waals surface area contributed by atoms with E-state index < -0.39 is 0 Å². The Morgan fingerprint density at radius 3 is 2.87 bits per heavy atom. The second-order valence-electron chi connectivity index (χ2n) is 3.31. The molecule has 0 spiro atoms. The Morgan fingerprint density at radius 1 is 1.40 bits per heavy atom. The number of hydrogen-bond donors (Lipinski definition) is 0. The lowest BCUT2D eigenvalue weighted by molar-refractivity contribution is -0.125. The van der Waals surface area contributed by atoms with Gasteiger partial charge in [0.15, 0.2) is 0 Å². The number of anilines is 1. The van der Waals surface area contributed by atoms with Crippen molar-refractivity contribution in [3.63, 3.8) is 0 Å². The zero-order valence-electron chi connectivity index (χ0n) is 8.40. The Kier molecular flexibility index (Phi) is 2.77. The Labute approximate surface area is 92.5 Å². The monoisotopic (exact) mass is 221 g/mol. The molecule has 78 valence electrons. The molecule has 2 rings (SSSR count). The first-order valence-corrected chi connectivity index (χ1v) is 5.74. The molecular weight excluding hydrogens is 210 g/mol. The van der Waals surface area contributed by atoms with Gasteiger partial charge in [-0.25, -0.2) is 4.90 Å². The van der Waals surface area contributed by atoms with Crippen LogP contribution >= 0.6 is 11.8 Å². The van der Waals surface area contributed by atoms with Crippen LogP contribution in [0.4, 0.5) is 5.69 Å². The van der Waals surface area contributed by atoms with Crippen molar-refractivity contribution >= 4 is 29.3 Å². The van der Waals surface area contributed by atoms with Gasteiger partial charge in [-0.1, -0.05) is 12.1 Å². The van der Waals surface area contributed by atoms with E-state index in [0.717, 1.165) is 16.3 Å². The van der Waals surface area contributed by atoms with Crippen molar-refractivity contribution in [1.29, 1.82) is 0 Å². The summed E-state index contributed by atoms with van der Waals surface area (Å²) < 4.78 is 0. The number of benzene rings is 1. The number of fused-ring (bicyclic) bond motifs is 1. The number of thioether (sulfide) groups is 1. The number of imide groups is 1. The van der Waals surface area contributed by atoms with E-state index in [1.807, 2.05) is 24.3 Å². The zero-order valence-corrected chi connectivity index (χ0v) is 9.21. The van der Waals surface area contributed by atoms with Crippen molar-refractivity contribution in [2.75, 3.05) is 10.7 Å². The zero-order chi connectivity index (χ0) is 10.8. The minimum absolute atomic E-state index is 0.111. The smallest absolute Gasteiger partial charge is 0.234 e. The van der Waals surface area contributed by atoms with Crippen molar-refractivity contribution in [2.24, 2.45) is 0 Å². The fourth-order valence-electron chi connectivity index (χ4n) is 1.60. The van der Waals surface area contributed by atoms with Gasteiger partial charge in [0, 0.05) is 24.0 Å². The summed E-state index contributed by atoms with van der Waals surface area (Å²) in [6.07, 6.45) is 0.416. The van der Waals surface area contributed by atoms with Crippen molar-refractivity contribution in [2.45, 2.75) is 18.2 Å². The quantitative estimate of drug-likeness (QED) is 0.673. The summed E-state index contributed by atoms with van der Waals surface area (Å²) in [5.74, 6) is 0.412. The molecule has 0 saturated carbocycles. The van der Waals surface area contributed by atoms with Crippen molar-refractivity contribution in [1.82, 2.24) is 0 Å². The maximum Gasteiger partial charge on any atom is 0.234 e. The normalized spacial score (nSPS) is 15.8. The summed E-state index contributed by atoms with van der Waals surface area (Å²) in [5.41, 5.74) is 0.720. The third-order valence-electron chi connectivity index (χ3n) is 2.24. The largest absolute Gasteiger partial charge is 0.274 e. The van der Waals surface area contributed by atoms with Crippen LogP contribution in [0, 0.1) is 0 Å². The third kappa shape index (κ3) is 1.90. The van der Waals surface area contributed by atoms with Gasteiger partial charge >= 0.3 is 0 Å². The molecule has 4 heteroatoms. The molecule has 1 aromatic carbocycles. The second kappa shape index (κ2) is 4.06. The average Bonchev–Trinajstić information content (AvgIpc) is 2.35. The van der Waals surface area contributed by atoms with E-state index in [4.69, 9.17) is 0 Å². The summed E-state index contributed by atoms with van der Waals surface area (Å²) in [6.45, 7) is 1.42. The van der Waals surface area contributed by atoms with Crippen molar-refractivity contribution in [3.05, 3.63) is 24.3 Å². The van der Waals surface area contributed by atoms with E-state index in [-0.39, 0.29) is 11.8 Å². The van der Waals surface area contributed by atoms with Gasteiger partial charge in [-0.2, -0.15) is 0 Å². The lowest BCUT2D eigenvalue weighted by atomic mass is 10.2. The van der Waals surface area contributed by atoms with Gasteiger partial charge in [0.25, 0.3) is 0 Å². The third-order valence-corrected chi connectivity index (χ3v) is 3.31. The molecule has 0 aliphatic carbocycles. The van der Waals surface area contributed by atoms with Crippen LogP contribution in [0.2, 0.25) is 0 Å². The highest BCUT2D eigenvalue weighted by molar-refractivity contribution is 7.99. The van der Waals surface area contributed by atoms with Gasteiger partial charge in [-0.05, 0) is 12.1 Å². The topological polar surface area (TPSA) is 37.4 Å². The van der Waals surface area contributed by atoms with Gasteiger partial charge in [-0.15, -0.1) is 11.8 Å². The number of para-hydroxylation sites is 1. The molecule has 1 aliphatic heterocycles. The predicted molar refractivity (Wildman–Crippen MR) is 60.0 cm³/mol. The van der Waals surface area contributed by atoms with Crippen LogP contribution in [0.25, 0.3) is 0 Å². The standard InChI is InChI=1S/C11H11NO2S/c1-8(13)12-9-4-2-3-5-10(9)15-7-6-11(12)14/h2-5H,6-7H2,1H3. The maximum atomic E-state index is 11.7. The number of carbonyl (C=O) groups excluding carboxylic acids is 2. The highest BCUT2D eigenvalue weighted by Crippen LogP contribution is 2.33. The molecule has 0 fully saturated rings. The summed E-state index contributed by atoms with van der Waals surface area (Å²) in [5, 5.41) is 0. The molecule has 0 radical (unpaired) electrons. The molecule has 0 bridgehead atoms. The van der Waals surface area contributed by atoms with E-state index in [2.05, 4.69) is 0 Å². The van der Waals surface area contributed by atoms with Crippen LogP contribution in [0.5, 0.6) is 0 Å². The maximum absolute atomic E-state index is 11.7. The molecular formula is C11H11NO2S. The molecule has 2 amide bonds. The fraction of sp³-hybridized carbons (Fsp3) is 0.273. The van der Waals surface area contributed by atoms with Gasteiger partial charge < -0.3 is 0 Å². The summed E-state index contributed by atoms with van der Waals surface area (Å²) >= 11 is 1.62. The van der Waals surface area contributed by atoms with Gasteiger partial charge in [0.05, 0.1) is 5.69 Å². The van der Waals surface area contributed by atoms with Crippen LogP contribution in [0.15, 0.2) is 29.2 Å². The first-order chi connectivity index (χ1) is 7.20. The molecule has 0 saturated heterocycles. The Bertz CT molecular complexity index is 417.